The molecule has 1 aliphatic heterocycles. The first-order valence-electron chi connectivity index (χ1n) is 6.83. The number of nitrogens with one attached hydrogen (secondary N) is 1. The molecule has 0 spiro atoms. The molecule has 1 aliphatic carbocycles. The van der Waals surface area contributed by atoms with Crippen LogP contribution in [0, 0.1) is 5.92 Å². The van der Waals surface area contributed by atoms with Gasteiger partial charge in [0.1, 0.15) is 0 Å². The molecule has 1 saturated carbocycles. The van der Waals surface area contributed by atoms with Crippen LogP contribution >= 0.6 is 0 Å². The molecule has 1 amide bonds. The molecule has 16 heavy (non-hydrogen) atoms. The van der Waals surface area contributed by atoms with Gasteiger partial charge in [0, 0.05) is 6.54 Å². The molecule has 0 aromatic heterocycles. The first-order chi connectivity index (χ1) is 7.81. The molecule has 1 unspecified atom stereocenters. The maximum Gasteiger partial charge on any atom is 0.240 e. The van der Waals surface area contributed by atoms with E-state index in [1.807, 2.05) is 4.90 Å². The minimum Gasteiger partial charge on any atom is -0.328 e. The van der Waals surface area contributed by atoms with Gasteiger partial charge in [-0.25, -0.2) is 0 Å². The zero-order chi connectivity index (χ0) is 11.4. The lowest BCUT2D eigenvalue weighted by molar-refractivity contribution is -0.129. The average molecular weight is 224 g/mol. The smallest absolute Gasteiger partial charge is 0.240 e. The molecule has 1 heterocycles. The quantitative estimate of drug-likeness (QED) is 0.776. The van der Waals surface area contributed by atoms with Crippen LogP contribution in [-0.4, -0.2) is 30.1 Å². The van der Waals surface area contributed by atoms with E-state index in [-0.39, 0.29) is 6.04 Å². The lowest BCUT2D eigenvalue weighted by Gasteiger charge is -2.19. The van der Waals surface area contributed by atoms with Crippen molar-refractivity contribution >= 4 is 5.91 Å². The number of hydrogen-bond acceptors (Lipinski definition) is 2. The minimum absolute atomic E-state index is 0.112. The standard InChI is InChI=1S/C13H24N2O/c1-2-3-8-12-13(16)15(10-14-12)9-11-6-4-5-7-11/h11-12,14H,2-10H2,1H3. The Balaban J connectivity index is 1.77. The van der Waals surface area contributed by atoms with Gasteiger partial charge in [-0.2, -0.15) is 0 Å². The molecule has 1 saturated heterocycles. The topological polar surface area (TPSA) is 32.3 Å². The van der Waals surface area contributed by atoms with Gasteiger partial charge in [-0.05, 0) is 25.2 Å². The fraction of sp³-hybridized carbons (Fsp3) is 0.923. The summed E-state index contributed by atoms with van der Waals surface area (Å²) in [5, 5.41) is 3.34. The highest BCUT2D eigenvalue weighted by molar-refractivity contribution is 5.83. The van der Waals surface area contributed by atoms with Crippen LogP contribution in [0.25, 0.3) is 0 Å². The maximum absolute atomic E-state index is 12.1. The number of rotatable bonds is 5. The molecule has 92 valence electrons. The van der Waals surface area contributed by atoms with E-state index in [1.165, 1.54) is 32.1 Å². The second-order valence-corrected chi connectivity index (χ2v) is 5.27. The van der Waals surface area contributed by atoms with E-state index in [9.17, 15) is 4.79 Å². The number of amides is 1. The molecule has 0 radical (unpaired) electrons. The van der Waals surface area contributed by atoms with E-state index in [0.29, 0.717) is 5.91 Å². The van der Waals surface area contributed by atoms with Crippen molar-refractivity contribution in [2.75, 3.05) is 13.2 Å². The summed E-state index contributed by atoms with van der Waals surface area (Å²) >= 11 is 0. The van der Waals surface area contributed by atoms with Crippen LogP contribution < -0.4 is 5.32 Å². The van der Waals surface area contributed by atoms with Gasteiger partial charge in [-0.15, -0.1) is 0 Å². The van der Waals surface area contributed by atoms with E-state index in [0.717, 1.165) is 32.0 Å². The summed E-state index contributed by atoms with van der Waals surface area (Å²) in [4.78, 5) is 14.1. The van der Waals surface area contributed by atoms with Gasteiger partial charge >= 0.3 is 0 Å². The number of nitrogens with zero attached hydrogens (tertiary/aromatic N) is 1. The molecular weight excluding hydrogens is 200 g/mol. The minimum atomic E-state index is 0.112. The Bertz CT molecular complexity index is 236. The lowest BCUT2D eigenvalue weighted by atomic mass is 10.1. The van der Waals surface area contributed by atoms with Crippen LogP contribution in [0.1, 0.15) is 51.9 Å². The summed E-state index contributed by atoms with van der Waals surface area (Å²) < 4.78 is 0. The third kappa shape index (κ3) is 2.76. The van der Waals surface area contributed by atoms with E-state index in [2.05, 4.69) is 12.2 Å². The van der Waals surface area contributed by atoms with Crippen LogP contribution in [0.2, 0.25) is 0 Å². The lowest BCUT2D eigenvalue weighted by Crippen LogP contribution is -2.33. The molecule has 0 aromatic carbocycles. The third-order valence-corrected chi connectivity index (χ3v) is 3.94. The molecule has 2 rings (SSSR count). The first kappa shape index (κ1) is 11.9. The van der Waals surface area contributed by atoms with Crippen molar-refractivity contribution in [3.8, 4) is 0 Å². The number of unbranched alkanes of at least 4 members (excludes halogenated alkanes) is 1. The highest BCUT2D eigenvalue weighted by Gasteiger charge is 2.32. The summed E-state index contributed by atoms with van der Waals surface area (Å²) in [5.74, 6) is 1.12. The summed E-state index contributed by atoms with van der Waals surface area (Å²) in [6.07, 6.45) is 8.71. The van der Waals surface area contributed by atoms with Crippen molar-refractivity contribution < 1.29 is 4.79 Å². The Morgan fingerprint density at radius 1 is 1.38 bits per heavy atom. The molecule has 2 aliphatic rings. The van der Waals surface area contributed by atoms with Gasteiger partial charge in [-0.1, -0.05) is 32.6 Å². The summed E-state index contributed by atoms with van der Waals surface area (Å²) in [5.41, 5.74) is 0. The number of carbonyl (C=O) groups excluding carboxylic acids is 1. The van der Waals surface area contributed by atoms with Crippen molar-refractivity contribution in [2.24, 2.45) is 5.92 Å². The molecule has 1 N–H and O–H groups in total. The number of carbonyl (C=O) groups is 1. The van der Waals surface area contributed by atoms with E-state index in [1.54, 1.807) is 0 Å². The average Bonchev–Trinajstić information content (AvgIpc) is 2.89. The van der Waals surface area contributed by atoms with Crippen molar-refractivity contribution in [1.29, 1.82) is 0 Å². The molecule has 0 bridgehead atoms. The van der Waals surface area contributed by atoms with E-state index < -0.39 is 0 Å². The monoisotopic (exact) mass is 224 g/mol. The predicted octanol–water partition coefficient (Wildman–Crippen LogP) is 2.12. The van der Waals surface area contributed by atoms with Crippen molar-refractivity contribution in [2.45, 2.75) is 57.9 Å². The van der Waals surface area contributed by atoms with Crippen LogP contribution in [0.15, 0.2) is 0 Å². The fourth-order valence-corrected chi connectivity index (χ4v) is 2.90. The Morgan fingerprint density at radius 3 is 2.81 bits per heavy atom. The van der Waals surface area contributed by atoms with Crippen LogP contribution in [0.4, 0.5) is 0 Å². The predicted molar refractivity (Wildman–Crippen MR) is 65.0 cm³/mol. The molecule has 1 atom stereocenters. The summed E-state index contributed by atoms with van der Waals surface area (Å²) in [6.45, 7) is 3.95. The molecular formula is C13H24N2O. The molecule has 3 nitrogen and oxygen atoms in total. The zero-order valence-electron chi connectivity index (χ0n) is 10.4. The maximum atomic E-state index is 12.1. The Kier molecular flexibility index (Phi) is 4.22. The highest BCUT2D eigenvalue weighted by atomic mass is 16.2. The van der Waals surface area contributed by atoms with Crippen LogP contribution in [-0.2, 0) is 4.79 Å². The third-order valence-electron chi connectivity index (χ3n) is 3.94. The summed E-state index contributed by atoms with van der Waals surface area (Å²) in [7, 11) is 0. The highest BCUT2D eigenvalue weighted by Crippen LogP contribution is 2.26. The normalized spacial score (nSPS) is 26.9. The zero-order valence-corrected chi connectivity index (χ0v) is 10.4. The van der Waals surface area contributed by atoms with Crippen molar-refractivity contribution in [3.05, 3.63) is 0 Å². The van der Waals surface area contributed by atoms with E-state index >= 15 is 0 Å². The van der Waals surface area contributed by atoms with Crippen LogP contribution in [0.5, 0.6) is 0 Å². The molecule has 3 heteroatoms. The van der Waals surface area contributed by atoms with Gasteiger partial charge in [0.15, 0.2) is 0 Å². The summed E-state index contributed by atoms with van der Waals surface area (Å²) in [6, 6.07) is 0.112. The molecule has 2 fully saturated rings. The van der Waals surface area contributed by atoms with Gasteiger partial charge in [-0.3, -0.25) is 10.1 Å². The van der Waals surface area contributed by atoms with Gasteiger partial charge in [0.05, 0.1) is 12.7 Å². The SMILES string of the molecule is CCCCC1NCN(CC2CCCC2)C1=O. The molecule has 0 aromatic rings. The number of hydrogen-bond donors (Lipinski definition) is 1. The Labute approximate surface area is 98.6 Å². The van der Waals surface area contributed by atoms with Crippen molar-refractivity contribution in [3.63, 3.8) is 0 Å². The van der Waals surface area contributed by atoms with Gasteiger partial charge < -0.3 is 4.90 Å². The second-order valence-electron chi connectivity index (χ2n) is 5.27. The largest absolute Gasteiger partial charge is 0.328 e. The fourth-order valence-electron chi connectivity index (χ4n) is 2.90. The van der Waals surface area contributed by atoms with E-state index in [4.69, 9.17) is 0 Å². The van der Waals surface area contributed by atoms with Gasteiger partial charge in [0.2, 0.25) is 5.91 Å². The van der Waals surface area contributed by atoms with Crippen molar-refractivity contribution in [1.82, 2.24) is 10.2 Å². The Morgan fingerprint density at radius 2 is 2.12 bits per heavy atom. The second kappa shape index (κ2) is 5.67. The van der Waals surface area contributed by atoms with Gasteiger partial charge in [0.25, 0.3) is 0 Å². The Hall–Kier alpha value is -0.570. The first-order valence-corrected chi connectivity index (χ1v) is 6.83. The van der Waals surface area contributed by atoms with Crippen LogP contribution in [0.3, 0.4) is 0 Å².